The Morgan fingerprint density at radius 3 is 2.45 bits per heavy atom. The fourth-order valence-corrected chi connectivity index (χ4v) is 3.25. The third-order valence-electron chi connectivity index (χ3n) is 4.89. The van der Waals surface area contributed by atoms with Crippen LogP contribution in [0, 0.1) is 11.7 Å². The molecule has 2 heterocycles. The summed E-state index contributed by atoms with van der Waals surface area (Å²) in [5.41, 5.74) is 0.954. The summed E-state index contributed by atoms with van der Waals surface area (Å²) in [6.45, 7) is -0.512. The second-order valence-corrected chi connectivity index (χ2v) is 7.20. The molecule has 6 nitrogen and oxygen atoms in total. The van der Waals surface area contributed by atoms with Crippen molar-refractivity contribution in [3.8, 4) is 5.88 Å². The Kier molecular flexibility index (Phi) is 7.09. The van der Waals surface area contributed by atoms with E-state index in [2.05, 4.69) is 15.0 Å². The minimum Gasteiger partial charge on any atom is -0.468 e. The average molecular weight is 439 g/mol. The Balaban J connectivity index is 1.46. The first-order valence-corrected chi connectivity index (χ1v) is 9.68. The zero-order valence-corrected chi connectivity index (χ0v) is 16.5. The molecule has 1 aromatic heterocycles. The van der Waals surface area contributed by atoms with E-state index in [1.807, 2.05) is 0 Å². The van der Waals surface area contributed by atoms with Gasteiger partial charge in [-0.1, -0.05) is 0 Å². The molecule has 1 N–H and O–H groups in total. The summed E-state index contributed by atoms with van der Waals surface area (Å²) in [5, 5.41) is 2.76. The van der Waals surface area contributed by atoms with Gasteiger partial charge < -0.3 is 15.0 Å². The molecule has 2 aromatic rings. The first-order valence-electron chi connectivity index (χ1n) is 9.68. The highest BCUT2D eigenvalue weighted by Crippen LogP contribution is 2.20. The van der Waals surface area contributed by atoms with Gasteiger partial charge in [0, 0.05) is 43.4 Å². The first-order chi connectivity index (χ1) is 14.7. The molecule has 31 heavy (non-hydrogen) atoms. The zero-order valence-electron chi connectivity index (χ0n) is 16.5. The monoisotopic (exact) mass is 439 g/mol. The molecule has 0 aliphatic carbocycles. The van der Waals surface area contributed by atoms with Crippen molar-refractivity contribution in [3.63, 3.8) is 0 Å². The van der Waals surface area contributed by atoms with Crippen LogP contribution in [0.15, 0.2) is 42.6 Å². The maximum absolute atomic E-state index is 13.0. The van der Waals surface area contributed by atoms with E-state index < -0.39 is 18.6 Å². The number of hydrogen-bond donors (Lipinski definition) is 1. The highest BCUT2D eigenvalue weighted by molar-refractivity contribution is 5.94. The number of likely N-dealkylation sites (tertiary alicyclic amines) is 1. The van der Waals surface area contributed by atoms with Gasteiger partial charge in [-0.25, -0.2) is 9.37 Å². The predicted molar refractivity (Wildman–Crippen MR) is 103 cm³/mol. The summed E-state index contributed by atoms with van der Waals surface area (Å²) in [7, 11) is 0. The molecular weight excluding hydrogens is 418 g/mol. The molecule has 1 saturated heterocycles. The maximum atomic E-state index is 13.0. The van der Waals surface area contributed by atoms with Crippen LogP contribution in [0.1, 0.15) is 28.8 Å². The number of halogens is 4. The van der Waals surface area contributed by atoms with Crippen molar-refractivity contribution in [3.05, 3.63) is 59.5 Å². The molecule has 0 saturated carbocycles. The quantitative estimate of drug-likeness (QED) is 0.701. The fraction of sp³-hybridized carbons (Fsp3) is 0.381. The van der Waals surface area contributed by atoms with Crippen LogP contribution < -0.4 is 10.1 Å². The molecule has 1 aliphatic rings. The molecule has 0 unspecified atom stereocenters. The van der Waals surface area contributed by atoms with E-state index in [-0.39, 0.29) is 30.2 Å². The number of carbonyl (C=O) groups excluding carboxylic acids is 2. The van der Waals surface area contributed by atoms with Gasteiger partial charge in [0.25, 0.3) is 5.91 Å². The van der Waals surface area contributed by atoms with Crippen molar-refractivity contribution in [2.45, 2.75) is 25.6 Å². The molecule has 10 heteroatoms. The van der Waals surface area contributed by atoms with Crippen LogP contribution >= 0.6 is 0 Å². The zero-order chi connectivity index (χ0) is 22.4. The molecule has 2 amide bonds. The maximum Gasteiger partial charge on any atom is 0.422 e. The predicted octanol–water partition coefficient (Wildman–Crippen LogP) is 3.33. The average Bonchev–Trinajstić information content (AvgIpc) is 2.76. The minimum atomic E-state index is -4.46. The van der Waals surface area contributed by atoms with Crippen molar-refractivity contribution in [2.75, 3.05) is 19.7 Å². The van der Waals surface area contributed by atoms with Crippen LogP contribution in [-0.4, -0.2) is 47.6 Å². The molecular formula is C21H21F4N3O3. The van der Waals surface area contributed by atoms with Crippen LogP contribution in [0.2, 0.25) is 0 Å². The van der Waals surface area contributed by atoms with E-state index in [1.54, 1.807) is 11.0 Å². The Morgan fingerprint density at radius 2 is 1.81 bits per heavy atom. The van der Waals surface area contributed by atoms with Gasteiger partial charge in [0.1, 0.15) is 5.82 Å². The number of rotatable bonds is 6. The summed E-state index contributed by atoms with van der Waals surface area (Å²) in [6, 6.07) is 8.23. The van der Waals surface area contributed by atoms with E-state index in [9.17, 15) is 27.2 Å². The molecule has 1 aromatic carbocycles. The number of amides is 2. The van der Waals surface area contributed by atoms with Crippen molar-refractivity contribution < 1.29 is 31.9 Å². The Bertz CT molecular complexity index is 911. The van der Waals surface area contributed by atoms with Crippen molar-refractivity contribution in [2.24, 2.45) is 5.92 Å². The fourth-order valence-electron chi connectivity index (χ4n) is 3.25. The van der Waals surface area contributed by atoms with Crippen molar-refractivity contribution >= 4 is 11.8 Å². The Labute approximate surface area is 176 Å². The smallest absolute Gasteiger partial charge is 0.422 e. The standard InChI is InChI=1S/C21H21F4N3O3/c22-17-3-1-16(2-4-17)20(30)28-9-6-15(7-10-28)19(29)27-12-14-5-8-26-18(11-14)31-13-21(23,24)25/h1-5,8,11,15H,6-7,9-10,12-13H2,(H,27,29). The summed E-state index contributed by atoms with van der Waals surface area (Å²) in [6.07, 6.45) is -2.18. The number of nitrogens with one attached hydrogen (secondary N) is 1. The summed E-state index contributed by atoms with van der Waals surface area (Å²) >= 11 is 0. The van der Waals surface area contributed by atoms with Crippen LogP contribution in [-0.2, 0) is 11.3 Å². The Morgan fingerprint density at radius 1 is 1.13 bits per heavy atom. The van der Waals surface area contributed by atoms with Crippen LogP contribution in [0.25, 0.3) is 0 Å². The molecule has 0 atom stereocenters. The van der Waals surface area contributed by atoms with Gasteiger partial charge in [-0.2, -0.15) is 13.2 Å². The second kappa shape index (κ2) is 9.76. The van der Waals surface area contributed by atoms with E-state index >= 15 is 0 Å². The SMILES string of the molecule is O=C(NCc1ccnc(OCC(F)(F)F)c1)C1CCN(C(=O)c2ccc(F)cc2)CC1. The first kappa shape index (κ1) is 22.5. The van der Waals surface area contributed by atoms with E-state index in [0.29, 0.717) is 37.1 Å². The summed E-state index contributed by atoms with van der Waals surface area (Å²) in [4.78, 5) is 30.3. The largest absolute Gasteiger partial charge is 0.468 e. The lowest BCUT2D eigenvalue weighted by atomic mass is 9.95. The summed E-state index contributed by atoms with van der Waals surface area (Å²) in [5.74, 6) is -1.26. The van der Waals surface area contributed by atoms with Gasteiger partial charge in [-0.05, 0) is 48.7 Å². The number of nitrogens with zero attached hydrogens (tertiary/aromatic N) is 2. The molecule has 3 rings (SSSR count). The van der Waals surface area contributed by atoms with Crippen molar-refractivity contribution in [1.29, 1.82) is 0 Å². The minimum absolute atomic E-state index is 0.123. The number of pyridine rings is 1. The lowest BCUT2D eigenvalue weighted by molar-refractivity contribution is -0.154. The number of carbonyl (C=O) groups is 2. The third-order valence-corrected chi connectivity index (χ3v) is 4.89. The van der Waals surface area contributed by atoms with Gasteiger partial charge in [0.2, 0.25) is 11.8 Å². The molecule has 166 valence electrons. The third kappa shape index (κ3) is 6.66. The second-order valence-electron chi connectivity index (χ2n) is 7.20. The van der Waals surface area contributed by atoms with Crippen LogP contribution in [0.4, 0.5) is 17.6 Å². The molecule has 0 bridgehead atoms. The number of aromatic nitrogens is 1. The van der Waals surface area contributed by atoms with Gasteiger partial charge >= 0.3 is 6.18 Å². The molecule has 0 radical (unpaired) electrons. The Hall–Kier alpha value is -3.17. The van der Waals surface area contributed by atoms with Crippen LogP contribution in [0.5, 0.6) is 5.88 Å². The lowest BCUT2D eigenvalue weighted by Crippen LogP contribution is -2.42. The van der Waals surface area contributed by atoms with Gasteiger partial charge in [-0.15, -0.1) is 0 Å². The van der Waals surface area contributed by atoms with Gasteiger partial charge in [0.15, 0.2) is 6.61 Å². The number of benzene rings is 1. The van der Waals surface area contributed by atoms with E-state index in [1.165, 1.54) is 36.5 Å². The number of hydrogen-bond acceptors (Lipinski definition) is 4. The number of alkyl halides is 3. The van der Waals surface area contributed by atoms with Crippen molar-refractivity contribution in [1.82, 2.24) is 15.2 Å². The highest BCUT2D eigenvalue weighted by atomic mass is 19.4. The van der Waals surface area contributed by atoms with Crippen LogP contribution in [0.3, 0.4) is 0 Å². The van der Waals surface area contributed by atoms with Gasteiger partial charge in [0.05, 0.1) is 0 Å². The lowest BCUT2D eigenvalue weighted by Gasteiger charge is -2.31. The number of piperidine rings is 1. The number of ether oxygens (including phenoxy) is 1. The van der Waals surface area contributed by atoms with E-state index in [4.69, 9.17) is 0 Å². The topological polar surface area (TPSA) is 71.5 Å². The summed E-state index contributed by atoms with van der Waals surface area (Å²) < 4.78 is 54.3. The molecule has 1 fully saturated rings. The molecule has 1 aliphatic heterocycles. The highest BCUT2D eigenvalue weighted by Gasteiger charge is 2.29. The van der Waals surface area contributed by atoms with E-state index in [0.717, 1.165) is 0 Å². The van der Waals surface area contributed by atoms with Gasteiger partial charge in [-0.3, -0.25) is 9.59 Å². The normalized spacial score (nSPS) is 14.9. The molecule has 0 spiro atoms.